The molecule has 6 nitrogen and oxygen atoms in total. The molecular weight excluding hydrogens is 426 g/mol. The maximum atomic E-state index is 10.00. The molecule has 3 N–H and O–H groups in total. The van der Waals surface area contributed by atoms with Crippen molar-refractivity contribution in [1.29, 1.82) is 5.26 Å². The highest BCUT2D eigenvalue weighted by Crippen LogP contribution is 2.27. The highest BCUT2D eigenvalue weighted by molar-refractivity contribution is 6.63. The number of allylic oxidation sites excluding steroid dienone is 1. The molecule has 0 spiro atoms. The third kappa shape index (κ3) is 5.79. The topological polar surface area (TPSA) is 85.9 Å². The molecule has 1 saturated carbocycles. The molecule has 0 unspecified atom stereocenters. The van der Waals surface area contributed by atoms with Crippen molar-refractivity contribution in [1.82, 2.24) is 14.9 Å². The first-order valence-electron chi connectivity index (χ1n) is 11.5. The number of nitrogens with zero attached hydrogens (tertiary/aromatic N) is 3. The Balaban J connectivity index is 1.32. The molecule has 170 valence electrons. The standard InChI is InChI=1S/C26H31N5OSi/c1-19(31-16-15-29-26(31)33(2)32)3-4-20-5-7-21(8-6-20)22-9-11-23(12-10-22)30-25-17-24(18-25)28-14-13-27/h3-12,15-16,19,24-25,28,30,32-33H,14,17-18H2,1-2H3/b4-3+/t19-,24?,25?,33+/m1/s1. The molecular formula is C26H31N5OSi. The van der Waals surface area contributed by atoms with Gasteiger partial charge in [0.25, 0.3) is 0 Å². The quantitative estimate of drug-likeness (QED) is 0.339. The number of nitrogens with one attached hydrogen (secondary N) is 2. The van der Waals surface area contributed by atoms with Crippen LogP contribution in [0.1, 0.15) is 31.4 Å². The lowest BCUT2D eigenvalue weighted by Crippen LogP contribution is -2.47. The van der Waals surface area contributed by atoms with Crippen LogP contribution in [0.5, 0.6) is 0 Å². The van der Waals surface area contributed by atoms with Gasteiger partial charge in [-0.3, -0.25) is 0 Å². The van der Waals surface area contributed by atoms with Gasteiger partial charge >= 0.3 is 0 Å². The predicted octanol–water partition coefficient (Wildman–Crippen LogP) is 3.43. The summed E-state index contributed by atoms with van der Waals surface area (Å²) in [5.41, 5.74) is 5.47. The first-order chi connectivity index (χ1) is 16.0. The van der Waals surface area contributed by atoms with Crippen molar-refractivity contribution in [3.05, 3.63) is 72.6 Å². The van der Waals surface area contributed by atoms with Crippen molar-refractivity contribution in [3.63, 3.8) is 0 Å². The van der Waals surface area contributed by atoms with E-state index < -0.39 is 9.04 Å². The van der Waals surface area contributed by atoms with Crippen molar-refractivity contribution < 1.29 is 4.80 Å². The van der Waals surface area contributed by atoms with Gasteiger partial charge in [0.2, 0.25) is 9.04 Å². The fraction of sp³-hybridized carbons (Fsp3) is 0.308. The SMILES string of the molecule is C[C@H](/C=C/c1ccc(-c2ccc(NC3CC(NCC#N)C3)cc2)cc1)n1ccnc1[Si@H](C)O. The lowest BCUT2D eigenvalue weighted by Gasteiger charge is -2.36. The molecule has 1 aromatic heterocycles. The molecule has 0 amide bonds. The number of rotatable bonds is 9. The lowest BCUT2D eigenvalue weighted by atomic mass is 9.86. The summed E-state index contributed by atoms with van der Waals surface area (Å²) >= 11 is 0. The lowest BCUT2D eigenvalue weighted by molar-refractivity contribution is 0.319. The van der Waals surface area contributed by atoms with E-state index in [4.69, 9.17) is 5.26 Å². The van der Waals surface area contributed by atoms with Gasteiger partial charge < -0.3 is 20.0 Å². The average molecular weight is 458 g/mol. The number of aromatic nitrogens is 2. The second-order valence-corrected chi connectivity index (χ2v) is 10.6. The molecule has 7 heteroatoms. The third-order valence-corrected chi connectivity index (χ3v) is 7.38. The summed E-state index contributed by atoms with van der Waals surface area (Å²) in [4.78, 5) is 14.3. The number of hydrogen-bond acceptors (Lipinski definition) is 5. The van der Waals surface area contributed by atoms with Crippen LogP contribution < -0.4 is 16.1 Å². The summed E-state index contributed by atoms with van der Waals surface area (Å²) in [7, 11) is -1.93. The third-order valence-electron chi connectivity index (χ3n) is 6.19. The molecule has 1 heterocycles. The summed E-state index contributed by atoms with van der Waals surface area (Å²) in [6.07, 6.45) is 10.1. The Hall–Kier alpha value is -3.18. The van der Waals surface area contributed by atoms with Crippen molar-refractivity contribution >= 4 is 26.3 Å². The molecule has 0 bridgehead atoms. The molecule has 0 radical (unpaired) electrons. The fourth-order valence-corrected chi connectivity index (χ4v) is 5.26. The summed E-state index contributed by atoms with van der Waals surface area (Å²) < 4.78 is 2.05. The van der Waals surface area contributed by atoms with Gasteiger partial charge in [-0.2, -0.15) is 5.26 Å². The number of benzene rings is 2. The van der Waals surface area contributed by atoms with Gasteiger partial charge in [-0.15, -0.1) is 0 Å². The molecule has 1 fully saturated rings. The van der Waals surface area contributed by atoms with Crippen molar-refractivity contribution in [2.45, 2.75) is 44.4 Å². The van der Waals surface area contributed by atoms with Gasteiger partial charge in [0, 0.05) is 36.2 Å². The summed E-state index contributed by atoms with van der Waals surface area (Å²) in [6, 6.07) is 20.3. The monoisotopic (exact) mass is 457 g/mol. The van der Waals surface area contributed by atoms with E-state index in [2.05, 4.69) is 89.3 Å². The summed E-state index contributed by atoms with van der Waals surface area (Å²) in [5, 5.41) is 15.4. The molecule has 0 saturated heterocycles. The number of hydrogen-bond donors (Lipinski definition) is 3. The molecule has 1 aliphatic carbocycles. The minimum Gasteiger partial charge on any atom is -0.427 e. The van der Waals surface area contributed by atoms with Crippen LogP contribution in [0.4, 0.5) is 5.69 Å². The average Bonchev–Trinajstić information content (AvgIpc) is 3.30. The van der Waals surface area contributed by atoms with E-state index >= 15 is 0 Å². The summed E-state index contributed by atoms with van der Waals surface area (Å²) in [6.45, 7) is 4.40. The highest BCUT2D eigenvalue weighted by Gasteiger charge is 2.28. The highest BCUT2D eigenvalue weighted by atomic mass is 28.3. The van der Waals surface area contributed by atoms with Crippen LogP contribution in [-0.2, 0) is 0 Å². The second-order valence-electron chi connectivity index (χ2n) is 8.72. The van der Waals surface area contributed by atoms with Gasteiger partial charge in [0.15, 0.2) is 0 Å². The zero-order chi connectivity index (χ0) is 23.2. The minimum absolute atomic E-state index is 0.136. The van der Waals surface area contributed by atoms with Crippen molar-refractivity contribution in [2.24, 2.45) is 0 Å². The van der Waals surface area contributed by atoms with E-state index in [-0.39, 0.29) is 6.04 Å². The zero-order valence-corrected chi connectivity index (χ0v) is 20.3. The van der Waals surface area contributed by atoms with Crippen molar-refractivity contribution in [2.75, 3.05) is 11.9 Å². The first-order valence-corrected chi connectivity index (χ1v) is 13.7. The van der Waals surface area contributed by atoms with E-state index in [9.17, 15) is 4.80 Å². The molecule has 2 aromatic carbocycles. The van der Waals surface area contributed by atoms with E-state index in [0.717, 1.165) is 29.5 Å². The number of imidazole rings is 1. The fourth-order valence-electron chi connectivity index (χ4n) is 4.21. The molecule has 4 rings (SSSR count). The Labute approximate surface area is 197 Å². The molecule has 0 aliphatic heterocycles. The maximum Gasteiger partial charge on any atom is 0.242 e. The Morgan fingerprint density at radius 3 is 2.45 bits per heavy atom. The van der Waals surface area contributed by atoms with Crippen LogP contribution >= 0.6 is 0 Å². The van der Waals surface area contributed by atoms with Crippen LogP contribution in [0.3, 0.4) is 0 Å². The first kappa shape index (κ1) is 23.0. The Morgan fingerprint density at radius 2 is 1.82 bits per heavy atom. The van der Waals surface area contributed by atoms with Crippen LogP contribution in [0.2, 0.25) is 6.55 Å². The van der Waals surface area contributed by atoms with Crippen LogP contribution in [0.15, 0.2) is 67.0 Å². The largest absolute Gasteiger partial charge is 0.427 e. The van der Waals surface area contributed by atoms with E-state index in [0.29, 0.717) is 18.6 Å². The number of nitriles is 1. The van der Waals surface area contributed by atoms with Crippen LogP contribution in [0, 0.1) is 11.3 Å². The minimum atomic E-state index is -1.93. The van der Waals surface area contributed by atoms with Crippen LogP contribution in [-0.4, -0.2) is 42.0 Å². The van der Waals surface area contributed by atoms with E-state index in [1.165, 1.54) is 11.1 Å². The predicted molar refractivity (Wildman–Crippen MR) is 137 cm³/mol. The van der Waals surface area contributed by atoms with E-state index in [1.807, 2.05) is 17.3 Å². The molecule has 2 atom stereocenters. The van der Waals surface area contributed by atoms with Gasteiger partial charge in [0.1, 0.15) is 5.45 Å². The maximum absolute atomic E-state index is 10.00. The van der Waals surface area contributed by atoms with Crippen LogP contribution in [0.25, 0.3) is 17.2 Å². The Morgan fingerprint density at radius 1 is 1.15 bits per heavy atom. The van der Waals surface area contributed by atoms with Gasteiger partial charge in [-0.05, 0) is 55.1 Å². The zero-order valence-electron chi connectivity index (χ0n) is 19.1. The number of anilines is 1. The van der Waals surface area contributed by atoms with Gasteiger partial charge in [-0.1, -0.05) is 48.6 Å². The van der Waals surface area contributed by atoms with E-state index in [1.54, 1.807) is 6.20 Å². The Bertz CT molecular complexity index is 1110. The molecule has 33 heavy (non-hydrogen) atoms. The van der Waals surface area contributed by atoms with Gasteiger partial charge in [0.05, 0.1) is 12.6 Å². The summed E-state index contributed by atoms with van der Waals surface area (Å²) in [5.74, 6) is 0. The van der Waals surface area contributed by atoms with Crippen molar-refractivity contribution in [3.8, 4) is 17.2 Å². The molecule has 3 aromatic rings. The normalized spacial score (nSPS) is 19.6. The molecule has 1 aliphatic rings. The van der Waals surface area contributed by atoms with Gasteiger partial charge in [-0.25, -0.2) is 4.98 Å². The second kappa shape index (κ2) is 10.6. The Kier molecular flexibility index (Phi) is 7.40. The smallest absolute Gasteiger partial charge is 0.242 e.